The Morgan fingerprint density at radius 2 is 1.71 bits per heavy atom. The second-order valence-corrected chi connectivity index (χ2v) is 5.96. The fourth-order valence-corrected chi connectivity index (χ4v) is 2.28. The quantitative estimate of drug-likeness (QED) is 0.468. The summed E-state index contributed by atoms with van der Waals surface area (Å²) in [6.45, 7) is 8.54. The number of rotatable bonds is 0. The highest BCUT2D eigenvalue weighted by molar-refractivity contribution is 5.08. The number of hydrogen-bond acceptors (Lipinski definition) is 0. The van der Waals surface area contributed by atoms with Gasteiger partial charge >= 0.3 is 0 Å². The minimum atomic E-state index is 0.133. The summed E-state index contributed by atoms with van der Waals surface area (Å²) in [7, 11) is 0. The Labute approximate surface area is 106 Å². The van der Waals surface area contributed by atoms with Gasteiger partial charge in [0.15, 0.2) is 0 Å². The molecule has 0 aliphatic heterocycles. The van der Waals surface area contributed by atoms with Gasteiger partial charge in [-0.2, -0.15) is 0 Å². The highest BCUT2D eigenvalue weighted by Gasteiger charge is 2.14. The van der Waals surface area contributed by atoms with Crippen molar-refractivity contribution in [3.8, 4) is 0 Å². The van der Waals surface area contributed by atoms with E-state index in [0.717, 1.165) is 17.9 Å². The number of hydrogen-bond donors (Lipinski definition) is 0. The summed E-state index contributed by atoms with van der Waals surface area (Å²) in [5.41, 5.74) is 2.55. The van der Waals surface area contributed by atoms with Crippen LogP contribution in [0.2, 0.25) is 0 Å². The molecule has 1 heteroatoms. The molecule has 0 fully saturated rings. The highest BCUT2D eigenvalue weighted by Crippen LogP contribution is 2.29. The van der Waals surface area contributed by atoms with E-state index in [1.165, 1.54) is 25.7 Å². The first-order valence-corrected chi connectivity index (χ1v) is 6.98. The van der Waals surface area contributed by atoms with E-state index < -0.39 is 0 Å². The molecule has 2 unspecified atom stereocenters. The van der Waals surface area contributed by atoms with Gasteiger partial charge in [-0.1, -0.05) is 25.5 Å². The van der Waals surface area contributed by atoms with Crippen molar-refractivity contribution in [2.75, 3.05) is 0 Å². The topological polar surface area (TPSA) is 0 Å². The summed E-state index contributed by atoms with van der Waals surface area (Å²) >= 11 is 0. The number of halogens is 1. The summed E-state index contributed by atoms with van der Waals surface area (Å²) in [5.74, 6) is 1.64. The fourth-order valence-electron chi connectivity index (χ4n) is 2.28. The molecular formula is C16H27F. The van der Waals surface area contributed by atoms with Crippen LogP contribution in [0.15, 0.2) is 23.0 Å². The largest absolute Gasteiger partial charge is 0.212 e. The van der Waals surface area contributed by atoms with Crippen molar-refractivity contribution in [1.82, 2.24) is 0 Å². The van der Waals surface area contributed by atoms with Crippen LogP contribution in [0.25, 0.3) is 0 Å². The Morgan fingerprint density at radius 1 is 1.06 bits per heavy atom. The summed E-state index contributed by atoms with van der Waals surface area (Å²) in [6, 6.07) is 0. The summed E-state index contributed by atoms with van der Waals surface area (Å²) in [4.78, 5) is 0. The molecular weight excluding hydrogens is 211 g/mol. The monoisotopic (exact) mass is 238 g/mol. The zero-order chi connectivity index (χ0) is 12.8. The minimum absolute atomic E-state index is 0.133. The van der Waals surface area contributed by atoms with Crippen molar-refractivity contribution in [1.29, 1.82) is 0 Å². The molecule has 0 aromatic carbocycles. The standard InChI is InChI=1S/C8H13F.C8H14/c1-6-3-4-7(2)8(9)5-6;1-7-3-5-8(2)6-4-7/h6H,3-5H2,1-2H3;3,8H,4-6H2,1-2H3. The molecule has 98 valence electrons. The lowest BCUT2D eigenvalue weighted by Crippen LogP contribution is -2.02. The molecule has 0 amide bonds. The molecule has 0 spiro atoms. The Morgan fingerprint density at radius 3 is 2.12 bits per heavy atom. The van der Waals surface area contributed by atoms with Crippen LogP contribution in [0.5, 0.6) is 0 Å². The lowest BCUT2D eigenvalue weighted by Gasteiger charge is -2.17. The van der Waals surface area contributed by atoms with Crippen molar-refractivity contribution in [2.24, 2.45) is 11.8 Å². The Bertz CT molecular complexity index is 299. The van der Waals surface area contributed by atoms with Gasteiger partial charge in [-0.3, -0.25) is 0 Å². The minimum Gasteiger partial charge on any atom is -0.212 e. The summed E-state index contributed by atoms with van der Waals surface area (Å²) in [5, 5.41) is 0. The highest BCUT2D eigenvalue weighted by atomic mass is 19.1. The molecule has 0 aromatic rings. The third-order valence-corrected chi connectivity index (χ3v) is 3.90. The molecule has 0 nitrogen and oxygen atoms in total. The Kier molecular flexibility index (Phi) is 5.94. The van der Waals surface area contributed by atoms with Gasteiger partial charge in [0, 0.05) is 6.42 Å². The van der Waals surface area contributed by atoms with E-state index in [4.69, 9.17) is 0 Å². The van der Waals surface area contributed by atoms with Crippen LogP contribution in [-0.2, 0) is 0 Å². The van der Waals surface area contributed by atoms with Crippen LogP contribution < -0.4 is 0 Å². The smallest absolute Gasteiger partial charge is 0.0991 e. The van der Waals surface area contributed by atoms with Gasteiger partial charge in [0.25, 0.3) is 0 Å². The van der Waals surface area contributed by atoms with Gasteiger partial charge in [0.05, 0.1) is 5.83 Å². The van der Waals surface area contributed by atoms with Crippen LogP contribution in [0.3, 0.4) is 0 Å². The van der Waals surface area contributed by atoms with Crippen molar-refractivity contribution in [3.63, 3.8) is 0 Å². The number of allylic oxidation sites excluding steroid dienone is 4. The van der Waals surface area contributed by atoms with Gasteiger partial charge in [0.1, 0.15) is 0 Å². The molecule has 0 bridgehead atoms. The molecule has 0 N–H and O–H groups in total. The molecule has 0 saturated heterocycles. The molecule has 2 aliphatic carbocycles. The van der Waals surface area contributed by atoms with Gasteiger partial charge in [0.2, 0.25) is 0 Å². The van der Waals surface area contributed by atoms with E-state index in [9.17, 15) is 4.39 Å². The van der Waals surface area contributed by atoms with Crippen LogP contribution in [0.4, 0.5) is 4.39 Å². The fraction of sp³-hybridized carbons (Fsp3) is 0.750. The second-order valence-electron chi connectivity index (χ2n) is 5.96. The third kappa shape index (κ3) is 5.52. The summed E-state index contributed by atoms with van der Waals surface area (Å²) < 4.78 is 12.7. The van der Waals surface area contributed by atoms with Crippen LogP contribution in [-0.4, -0.2) is 0 Å². The zero-order valence-electron chi connectivity index (χ0n) is 11.9. The maximum atomic E-state index is 12.7. The van der Waals surface area contributed by atoms with E-state index in [2.05, 4.69) is 26.8 Å². The van der Waals surface area contributed by atoms with E-state index in [1.54, 1.807) is 5.57 Å². The van der Waals surface area contributed by atoms with Crippen LogP contribution in [0, 0.1) is 11.8 Å². The molecule has 0 saturated carbocycles. The summed E-state index contributed by atoms with van der Waals surface area (Å²) in [6.07, 6.45) is 9.22. The lowest BCUT2D eigenvalue weighted by molar-refractivity contribution is 0.422. The van der Waals surface area contributed by atoms with Crippen LogP contribution in [0.1, 0.15) is 66.2 Å². The van der Waals surface area contributed by atoms with E-state index in [1.807, 2.05) is 6.92 Å². The van der Waals surface area contributed by atoms with Crippen molar-refractivity contribution in [3.05, 3.63) is 23.0 Å². The van der Waals surface area contributed by atoms with Gasteiger partial charge in [-0.05, 0) is 63.4 Å². The van der Waals surface area contributed by atoms with Gasteiger partial charge in [-0.25, -0.2) is 4.39 Å². The first kappa shape index (κ1) is 14.5. The first-order valence-electron chi connectivity index (χ1n) is 6.98. The third-order valence-electron chi connectivity index (χ3n) is 3.90. The predicted octanol–water partition coefficient (Wildman–Crippen LogP) is 5.80. The van der Waals surface area contributed by atoms with Gasteiger partial charge in [-0.15, -0.1) is 0 Å². The zero-order valence-corrected chi connectivity index (χ0v) is 11.9. The van der Waals surface area contributed by atoms with E-state index in [0.29, 0.717) is 12.3 Å². The van der Waals surface area contributed by atoms with Crippen molar-refractivity contribution in [2.45, 2.75) is 66.2 Å². The first-order chi connectivity index (χ1) is 7.99. The predicted molar refractivity (Wildman–Crippen MR) is 73.6 cm³/mol. The van der Waals surface area contributed by atoms with Crippen molar-refractivity contribution < 1.29 is 4.39 Å². The van der Waals surface area contributed by atoms with E-state index >= 15 is 0 Å². The SMILES string of the molecule is CC1=C(F)CC(C)CC1.CC1=CCC(C)CC1. The molecule has 0 aromatic heterocycles. The Hall–Kier alpha value is -0.590. The molecule has 0 radical (unpaired) electrons. The van der Waals surface area contributed by atoms with E-state index in [-0.39, 0.29) is 5.83 Å². The maximum Gasteiger partial charge on any atom is 0.0991 e. The molecule has 2 aliphatic rings. The Balaban J connectivity index is 0.000000171. The second kappa shape index (κ2) is 6.98. The van der Waals surface area contributed by atoms with Crippen LogP contribution >= 0.6 is 0 Å². The lowest BCUT2D eigenvalue weighted by atomic mass is 9.91. The molecule has 0 heterocycles. The normalized spacial score (nSPS) is 29.4. The molecule has 2 atom stereocenters. The van der Waals surface area contributed by atoms with Crippen molar-refractivity contribution >= 4 is 0 Å². The van der Waals surface area contributed by atoms with Gasteiger partial charge < -0.3 is 0 Å². The average Bonchev–Trinajstić information content (AvgIpc) is 2.29. The molecule has 17 heavy (non-hydrogen) atoms. The maximum absolute atomic E-state index is 12.7. The molecule has 2 rings (SSSR count). The average molecular weight is 238 g/mol.